The van der Waals surface area contributed by atoms with Crippen molar-refractivity contribution in [2.75, 3.05) is 0 Å². The van der Waals surface area contributed by atoms with Crippen molar-refractivity contribution < 1.29 is 4.74 Å². The molecule has 0 spiro atoms. The Labute approximate surface area is 82.3 Å². The molecule has 2 unspecified atom stereocenters. The first kappa shape index (κ1) is 9.40. The molecule has 1 aromatic heterocycles. The number of aromatic amines is 1. The number of rotatable bonds is 1. The number of hydrogen-bond donors (Lipinski definition) is 1. The van der Waals surface area contributed by atoms with E-state index in [0.717, 1.165) is 18.5 Å². The van der Waals surface area contributed by atoms with Crippen molar-refractivity contribution in [3.8, 4) is 0 Å². The molecule has 4 nitrogen and oxygen atoms in total. The molecule has 1 aliphatic rings. The number of aromatic nitrogens is 2. The van der Waals surface area contributed by atoms with E-state index in [-0.39, 0.29) is 17.8 Å². The highest BCUT2D eigenvalue weighted by molar-refractivity contribution is 5.03. The number of nitrogens with one attached hydrogen (secondary N) is 1. The SMILES string of the molecule is Cc1cc(=O)[nH]c(C2CCC(C)O2)n1. The van der Waals surface area contributed by atoms with Crippen LogP contribution in [0.5, 0.6) is 0 Å². The van der Waals surface area contributed by atoms with E-state index in [0.29, 0.717) is 5.82 Å². The summed E-state index contributed by atoms with van der Waals surface area (Å²) in [6, 6.07) is 1.49. The Hall–Kier alpha value is -1.16. The van der Waals surface area contributed by atoms with Gasteiger partial charge in [-0.1, -0.05) is 0 Å². The second-order valence-electron chi connectivity index (χ2n) is 3.78. The molecule has 2 atom stereocenters. The van der Waals surface area contributed by atoms with Crippen LogP contribution in [0.1, 0.15) is 37.4 Å². The Balaban J connectivity index is 2.28. The molecule has 1 aromatic rings. The van der Waals surface area contributed by atoms with Gasteiger partial charge in [0, 0.05) is 11.8 Å². The van der Waals surface area contributed by atoms with Gasteiger partial charge in [0.15, 0.2) is 0 Å². The number of H-pyrrole nitrogens is 1. The van der Waals surface area contributed by atoms with E-state index in [2.05, 4.69) is 9.97 Å². The Kier molecular flexibility index (Phi) is 2.37. The lowest BCUT2D eigenvalue weighted by molar-refractivity contribution is 0.0500. The molecular weight excluding hydrogens is 180 g/mol. The third-order valence-electron chi connectivity index (χ3n) is 2.42. The molecule has 14 heavy (non-hydrogen) atoms. The number of aryl methyl sites for hydroxylation is 1. The van der Waals surface area contributed by atoms with Gasteiger partial charge in [-0.05, 0) is 26.7 Å². The Bertz CT molecular complexity index is 386. The van der Waals surface area contributed by atoms with Gasteiger partial charge in [-0.15, -0.1) is 0 Å². The van der Waals surface area contributed by atoms with Crippen LogP contribution in [0.2, 0.25) is 0 Å². The first-order valence-electron chi connectivity index (χ1n) is 4.88. The van der Waals surface area contributed by atoms with Crippen LogP contribution in [-0.2, 0) is 4.74 Å². The topological polar surface area (TPSA) is 55.0 Å². The van der Waals surface area contributed by atoms with Crippen LogP contribution in [-0.4, -0.2) is 16.1 Å². The van der Waals surface area contributed by atoms with Crippen molar-refractivity contribution in [1.29, 1.82) is 0 Å². The number of nitrogens with zero attached hydrogens (tertiary/aromatic N) is 1. The average Bonchev–Trinajstić information content (AvgIpc) is 2.50. The molecule has 1 aliphatic heterocycles. The van der Waals surface area contributed by atoms with Crippen LogP contribution >= 0.6 is 0 Å². The minimum Gasteiger partial charge on any atom is -0.367 e. The molecule has 2 heterocycles. The Morgan fingerprint density at radius 3 is 2.93 bits per heavy atom. The maximum atomic E-state index is 11.2. The van der Waals surface area contributed by atoms with Crippen LogP contribution in [0.4, 0.5) is 0 Å². The molecule has 0 saturated carbocycles. The summed E-state index contributed by atoms with van der Waals surface area (Å²) in [4.78, 5) is 18.2. The molecule has 1 N–H and O–H groups in total. The van der Waals surface area contributed by atoms with E-state index in [4.69, 9.17) is 4.74 Å². The smallest absolute Gasteiger partial charge is 0.251 e. The van der Waals surface area contributed by atoms with Gasteiger partial charge in [-0.3, -0.25) is 4.79 Å². The van der Waals surface area contributed by atoms with Crippen LogP contribution in [0.3, 0.4) is 0 Å². The Morgan fingerprint density at radius 1 is 1.57 bits per heavy atom. The van der Waals surface area contributed by atoms with Gasteiger partial charge in [-0.25, -0.2) is 4.98 Å². The lowest BCUT2D eigenvalue weighted by Gasteiger charge is -2.10. The first-order valence-corrected chi connectivity index (χ1v) is 4.88. The van der Waals surface area contributed by atoms with Crippen molar-refractivity contribution >= 4 is 0 Å². The molecule has 0 bridgehead atoms. The third kappa shape index (κ3) is 1.85. The summed E-state index contributed by atoms with van der Waals surface area (Å²) in [5.74, 6) is 0.666. The maximum absolute atomic E-state index is 11.2. The van der Waals surface area contributed by atoms with Crippen molar-refractivity contribution in [2.45, 2.75) is 38.9 Å². The van der Waals surface area contributed by atoms with E-state index < -0.39 is 0 Å². The summed E-state index contributed by atoms with van der Waals surface area (Å²) in [6.07, 6.45) is 2.21. The Morgan fingerprint density at radius 2 is 2.36 bits per heavy atom. The minimum absolute atomic E-state index is 0.0300. The zero-order valence-corrected chi connectivity index (χ0v) is 8.41. The van der Waals surface area contributed by atoms with Crippen molar-refractivity contribution in [3.05, 3.63) is 27.9 Å². The van der Waals surface area contributed by atoms with E-state index in [1.165, 1.54) is 6.07 Å². The fourth-order valence-electron chi connectivity index (χ4n) is 1.76. The zero-order valence-electron chi connectivity index (χ0n) is 8.41. The molecule has 4 heteroatoms. The van der Waals surface area contributed by atoms with Crippen LogP contribution in [0, 0.1) is 6.92 Å². The van der Waals surface area contributed by atoms with Crippen LogP contribution in [0.25, 0.3) is 0 Å². The fourth-order valence-corrected chi connectivity index (χ4v) is 1.76. The second kappa shape index (κ2) is 3.53. The van der Waals surface area contributed by atoms with Gasteiger partial charge in [0.2, 0.25) is 0 Å². The van der Waals surface area contributed by atoms with E-state index in [1.807, 2.05) is 13.8 Å². The summed E-state index contributed by atoms with van der Waals surface area (Å²) in [5, 5.41) is 0. The molecule has 0 radical (unpaired) electrons. The fraction of sp³-hybridized carbons (Fsp3) is 0.600. The molecule has 1 fully saturated rings. The third-order valence-corrected chi connectivity index (χ3v) is 2.42. The highest BCUT2D eigenvalue weighted by Gasteiger charge is 2.25. The van der Waals surface area contributed by atoms with E-state index >= 15 is 0 Å². The largest absolute Gasteiger partial charge is 0.367 e. The summed E-state index contributed by atoms with van der Waals surface area (Å²) >= 11 is 0. The highest BCUT2D eigenvalue weighted by Crippen LogP contribution is 2.29. The predicted octanol–water partition coefficient (Wildman–Crippen LogP) is 1.32. The van der Waals surface area contributed by atoms with Crippen LogP contribution < -0.4 is 5.56 Å². The normalized spacial score (nSPS) is 26.7. The lowest BCUT2D eigenvalue weighted by Crippen LogP contribution is -2.14. The van der Waals surface area contributed by atoms with Gasteiger partial charge < -0.3 is 9.72 Å². The zero-order chi connectivity index (χ0) is 10.1. The quantitative estimate of drug-likeness (QED) is 0.733. The minimum atomic E-state index is -0.101. The van der Waals surface area contributed by atoms with Gasteiger partial charge in [0.25, 0.3) is 5.56 Å². The van der Waals surface area contributed by atoms with E-state index in [1.54, 1.807) is 0 Å². The van der Waals surface area contributed by atoms with Crippen molar-refractivity contribution in [1.82, 2.24) is 9.97 Å². The molecule has 76 valence electrons. The first-order chi connectivity index (χ1) is 6.65. The summed E-state index contributed by atoms with van der Waals surface area (Å²) in [5.41, 5.74) is 0.641. The van der Waals surface area contributed by atoms with Gasteiger partial charge in [-0.2, -0.15) is 0 Å². The number of ether oxygens (including phenoxy) is 1. The predicted molar refractivity (Wildman–Crippen MR) is 52.1 cm³/mol. The van der Waals surface area contributed by atoms with Crippen molar-refractivity contribution in [2.24, 2.45) is 0 Å². The summed E-state index contributed by atoms with van der Waals surface area (Å²) in [7, 11) is 0. The second-order valence-corrected chi connectivity index (χ2v) is 3.78. The van der Waals surface area contributed by atoms with Crippen molar-refractivity contribution in [3.63, 3.8) is 0 Å². The molecule has 0 aliphatic carbocycles. The lowest BCUT2D eigenvalue weighted by atomic mass is 10.2. The molecule has 0 aromatic carbocycles. The average molecular weight is 194 g/mol. The van der Waals surface area contributed by atoms with Crippen LogP contribution in [0.15, 0.2) is 10.9 Å². The summed E-state index contributed by atoms with van der Waals surface area (Å²) < 4.78 is 5.62. The molecule has 0 amide bonds. The van der Waals surface area contributed by atoms with E-state index in [9.17, 15) is 4.79 Å². The van der Waals surface area contributed by atoms with Gasteiger partial charge >= 0.3 is 0 Å². The summed E-state index contributed by atoms with van der Waals surface area (Å²) in [6.45, 7) is 3.85. The molecule has 2 rings (SSSR count). The molecular formula is C10H14N2O2. The van der Waals surface area contributed by atoms with Gasteiger partial charge in [0.1, 0.15) is 11.9 Å². The molecule has 1 saturated heterocycles. The number of hydrogen-bond acceptors (Lipinski definition) is 3. The monoisotopic (exact) mass is 194 g/mol. The standard InChI is InChI=1S/C10H14N2O2/c1-6-5-9(13)12-10(11-6)8-4-3-7(2)14-8/h5,7-8H,3-4H2,1-2H3,(H,11,12,13). The van der Waals surface area contributed by atoms with Gasteiger partial charge in [0.05, 0.1) is 6.10 Å². The highest BCUT2D eigenvalue weighted by atomic mass is 16.5. The maximum Gasteiger partial charge on any atom is 0.251 e.